The minimum absolute atomic E-state index is 0.158. The molecule has 3 rings (SSSR count). The number of nitrogens with zero attached hydrogens (tertiary/aromatic N) is 1. The predicted octanol–water partition coefficient (Wildman–Crippen LogP) is 4.29. The highest BCUT2D eigenvalue weighted by Gasteiger charge is 2.36. The van der Waals surface area contributed by atoms with Gasteiger partial charge < -0.3 is 5.73 Å². The maximum absolute atomic E-state index is 12.2. The normalized spacial score (nSPS) is 16.9. The molecular formula is C21H27N2O+. The van der Waals surface area contributed by atoms with E-state index in [1.54, 1.807) is 0 Å². The molecule has 2 aromatic rings. The minimum Gasteiger partial charge on any atom is -0.319 e. The Labute approximate surface area is 144 Å². The van der Waals surface area contributed by atoms with Crippen molar-refractivity contribution < 1.29 is 9.28 Å². The number of rotatable bonds is 5. The fourth-order valence-corrected chi connectivity index (χ4v) is 3.94. The first kappa shape index (κ1) is 16.7. The van der Waals surface area contributed by atoms with Crippen LogP contribution in [0.1, 0.15) is 42.7 Å². The maximum atomic E-state index is 12.2. The summed E-state index contributed by atoms with van der Waals surface area (Å²) in [6, 6.07) is 21.0. The van der Waals surface area contributed by atoms with Gasteiger partial charge in [0, 0.05) is 12.3 Å². The number of hydrogen-bond donors (Lipinski definition) is 1. The van der Waals surface area contributed by atoms with Gasteiger partial charge >= 0.3 is 6.03 Å². The van der Waals surface area contributed by atoms with E-state index in [1.807, 2.05) is 12.1 Å². The van der Waals surface area contributed by atoms with Crippen molar-refractivity contribution in [1.82, 2.24) is 0 Å². The second-order valence-electron chi connectivity index (χ2n) is 6.88. The number of amides is 2. The number of carbonyl (C=O) groups is 1. The molecule has 0 aromatic heterocycles. The van der Waals surface area contributed by atoms with E-state index in [0.717, 1.165) is 38.9 Å². The molecule has 0 bridgehead atoms. The average Bonchev–Trinajstić information content (AvgIpc) is 2.64. The lowest BCUT2D eigenvalue weighted by atomic mass is 9.88. The van der Waals surface area contributed by atoms with Crippen molar-refractivity contribution in [1.29, 1.82) is 0 Å². The zero-order valence-electron chi connectivity index (χ0n) is 14.2. The van der Waals surface area contributed by atoms with Crippen molar-refractivity contribution >= 4 is 6.03 Å². The van der Waals surface area contributed by atoms with Crippen molar-refractivity contribution in [3.8, 4) is 0 Å². The molecule has 2 aromatic carbocycles. The second-order valence-corrected chi connectivity index (χ2v) is 6.88. The van der Waals surface area contributed by atoms with E-state index in [0.29, 0.717) is 10.4 Å². The lowest BCUT2D eigenvalue weighted by Crippen LogP contribution is -2.58. The first-order chi connectivity index (χ1) is 11.7. The average molecular weight is 323 g/mol. The van der Waals surface area contributed by atoms with Crippen molar-refractivity contribution in [3.05, 3.63) is 71.8 Å². The number of carbonyl (C=O) groups excluding carboxylic acids is 1. The SMILES string of the molecule is NC(=O)[N+]1(CCC(c2ccccc2)c2ccccc2)CCCCC1. The van der Waals surface area contributed by atoms with E-state index >= 15 is 0 Å². The molecule has 2 amide bonds. The van der Waals surface area contributed by atoms with E-state index in [-0.39, 0.29) is 6.03 Å². The molecule has 0 aliphatic carbocycles. The minimum atomic E-state index is -0.158. The van der Waals surface area contributed by atoms with Crippen LogP contribution in [0.2, 0.25) is 0 Å². The van der Waals surface area contributed by atoms with Crippen LogP contribution in [-0.2, 0) is 0 Å². The largest absolute Gasteiger partial charge is 0.414 e. The fraction of sp³-hybridized carbons (Fsp3) is 0.381. The van der Waals surface area contributed by atoms with Crippen molar-refractivity contribution in [2.75, 3.05) is 19.6 Å². The summed E-state index contributed by atoms with van der Waals surface area (Å²) in [5.74, 6) is 0.309. The van der Waals surface area contributed by atoms with Gasteiger partial charge in [-0.1, -0.05) is 60.7 Å². The molecule has 0 saturated carbocycles. The van der Waals surface area contributed by atoms with Gasteiger partial charge in [0.05, 0.1) is 19.6 Å². The number of nitrogens with two attached hydrogens (primary N) is 1. The Morgan fingerprint density at radius 3 is 1.83 bits per heavy atom. The van der Waals surface area contributed by atoms with Gasteiger partial charge in [-0.3, -0.25) is 0 Å². The molecule has 3 nitrogen and oxygen atoms in total. The molecule has 1 heterocycles. The molecule has 24 heavy (non-hydrogen) atoms. The van der Waals surface area contributed by atoms with Gasteiger partial charge in [0.1, 0.15) is 0 Å². The third-order valence-electron chi connectivity index (χ3n) is 5.39. The van der Waals surface area contributed by atoms with E-state index in [4.69, 9.17) is 5.73 Å². The molecule has 126 valence electrons. The van der Waals surface area contributed by atoms with Gasteiger partial charge in [-0.2, -0.15) is 0 Å². The Morgan fingerprint density at radius 1 is 0.875 bits per heavy atom. The van der Waals surface area contributed by atoms with E-state index < -0.39 is 0 Å². The first-order valence-electron chi connectivity index (χ1n) is 8.97. The third-order valence-corrected chi connectivity index (χ3v) is 5.39. The summed E-state index contributed by atoms with van der Waals surface area (Å²) in [5.41, 5.74) is 8.42. The van der Waals surface area contributed by atoms with Crippen LogP contribution in [0.25, 0.3) is 0 Å². The molecule has 1 saturated heterocycles. The zero-order chi connectivity index (χ0) is 16.8. The summed E-state index contributed by atoms with van der Waals surface area (Å²) < 4.78 is 0.455. The monoisotopic (exact) mass is 323 g/mol. The predicted molar refractivity (Wildman–Crippen MR) is 97.6 cm³/mol. The second kappa shape index (κ2) is 7.63. The number of primary amides is 1. The number of quaternary nitrogens is 1. The Hall–Kier alpha value is -2.13. The lowest BCUT2D eigenvalue weighted by molar-refractivity contribution is -0.854. The fourth-order valence-electron chi connectivity index (χ4n) is 3.94. The van der Waals surface area contributed by atoms with E-state index in [1.165, 1.54) is 17.5 Å². The summed E-state index contributed by atoms with van der Waals surface area (Å²) in [4.78, 5) is 12.2. The molecule has 3 heteroatoms. The Bertz CT molecular complexity index is 609. The highest BCUT2D eigenvalue weighted by Crippen LogP contribution is 2.30. The first-order valence-corrected chi connectivity index (χ1v) is 8.97. The topological polar surface area (TPSA) is 43.1 Å². The smallest absolute Gasteiger partial charge is 0.319 e. The Kier molecular flexibility index (Phi) is 5.31. The Morgan fingerprint density at radius 2 is 1.38 bits per heavy atom. The van der Waals surface area contributed by atoms with Crippen molar-refractivity contribution in [3.63, 3.8) is 0 Å². The van der Waals surface area contributed by atoms with Crippen LogP contribution >= 0.6 is 0 Å². The quantitative estimate of drug-likeness (QED) is 0.820. The lowest BCUT2D eigenvalue weighted by Gasteiger charge is -2.38. The molecule has 1 aliphatic rings. The number of hydrogen-bond acceptors (Lipinski definition) is 1. The summed E-state index contributed by atoms with van der Waals surface area (Å²) >= 11 is 0. The van der Waals surface area contributed by atoms with Crippen LogP contribution in [0.3, 0.4) is 0 Å². The number of piperidine rings is 1. The summed E-state index contributed by atoms with van der Waals surface area (Å²) in [6.45, 7) is 2.61. The molecule has 0 atom stereocenters. The summed E-state index contributed by atoms with van der Waals surface area (Å²) in [7, 11) is 0. The van der Waals surface area contributed by atoms with E-state index in [9.17, 15) is 4.79 Å². The van der Waals surface area contributed by atoms with Crippen LogP contribution in [-0.4, -0.2) is 30.1 Å². The number of likely N-dealkylation sites (tertiary alicyclic amines) is 1. The van der Waals surface area contributed by atoms with Gasteiger partial charge in [0.25, 0.3) is 0 Å². The standard InChI is InChI=1S/C21H26N2O/c22-21(24)23(15-8-3-9-16-23)17-14-20(18-10-4-1-5-11-18)19-12-6-2-7-13-19/h1-2,4-7,10-13,20H,3,8-9,14-17H2,(H-,22,24)/p+1. The Balaban J connectivity index is 1.83. The number of benzene rings is 2. The van der Waals surface area contributed by atoms with Gasteiger partial charge in [0.2, 0.25) is 0 Å². The molecule has 0 unspecified atom stereocenters. The van der Waals surface area contributed by atoms with Crippen molar-refractivity contribution in [2.24, 2.45) is 5.73 Å². The summed E-state index contributed by atoms with van der Waals surface area (Å²) in [6.07, 6.45) is 4.36. The van der Waals surface area contributed by atoms with Crippen LogP contribution in [0.4, 0.5) is 4.79 Å². The third kappa shape index (κ3) is 3.68. The highest BCUT2D eigenvalue weighted by atomic mass is 16.2. The van der Waals surface area contributed by atoms with Crippen LogP contribution in [0.5, 0.6) is 0 Å². The van der Waals surface area contributed by atoms with Gasteiger partial charge in [-0.25, -0.2) is 9.28 Å². The molecule has 1 fully saturated rings. The van der Waals surface area contributed by atoms with E-state index in [2.05, 4.69) is 48.5 Å². The number of urea groups is 1. The molecule has 1 aliphatic heterocycles. The van der Waals surface area contributed by atoms with Gasteiger partial charge in [-0.15, -0.1) is 0 Å². The zero-order valence-corrected chi connectivity index (χ0v) is 14.2. The van der Waals surface area contributed by atoms with Crippen LogP contribution in [0, 0.1) is 0 Å². The van der Waals surface area contributed by atoms with Gasteiger partial charge in [-0.05, 0) is 30.4 Å². The molecule has 0 spiro atoms. The van der Waals surface area contributed by atoms with Crippen LogP contribution < -0.4 is 5.73 Å². The van der Waals surface area contributed by atoms with Crippen molar-refractivity contribution in [2.45, 2.75) is 31.6 Å². The highest BCUT2D eigenvalue weighted by molar-refractivity contribution is 5.64. The van der Waals surface area contributed by atoms with Gasteiger partial charge in [0.15, 0.2) is 0 Å². The maximum Gasteiger partial charge on any atom is 0.414 e. The summed E-state index contributed by atoms with van der Waals surface area (Å²) in [5, 5.41) is 0. The molecule has 2 N–H and O–H groups in total. The van der Waals surface area contributed by atoms with Crippen LogP contribution in [0.15, 0.2) is 60.7 Å². The molecule has 0 radical (unpaired) electrons. The molecular weight excluding hydrogens is 296 g/mol.